The van der Waals surface area contributed by atoms with Gasteiger partial charge < -0.3 is 30.3 Å². The van der Waals surface area contributed by atoms with Crippen LogP contribution in [0.25, 0.3) is 0 Å². The van der Waals surface area contributed by atoms with Gasteiger partial charge in [0.15, 0.2) is 0 Å². The van der Waals surface area contributed by atoms with E-state index in [4.69, 9.17) is 14.4 Å². The van der Waals surface area contributed by atoms with Crippen LogP contribution in [0.15, 0.2) is 17.8 Å². The van der Waals surface area contributed by atoms with Crippen LogP contribution in [-0.2, 0) is 19.4 Å². The Labute approximate surface area is 142 Å². The molecule has 6 N–H and O–H groups in total. The van der Waals surface area contributed by atoms with Crippen molar-refractivity contribution in [2.24, 2.45) is 5.16 Å². The van der Waals surface area contributed by atoms with Crippen LogP contribution in [0, 0.1) is 0 Å². The summed E-state index contributed by atoms with van der Waals surface area (Å²) in [7, 11) is -4.89. The van der Waals surface area contributed by atoms with Crippen LogP contribution < -0.4 is 0 Å². The van der Waals surface area contributed by atoms with E-state index in [9.17, 15) is 28.8 Å². The third kappa shape index (κ3) is 6.27. The average Bonchev–Trinajstić information content (AvgIpc) is 2.52. The molecule has 0 bridgehead atoms. The van der Waals surface area contributed by atoms with E-state index < -0.39 is 53.0 Å². The molecule has 24 heavy (non-hydrogen) atoms. The van der Waals surface area contributed by atoms with E-state index in [0.717, 1.165) is 6.08 Å². The number of hydrogen-bond acceptors (Lipinski definition) is 11. The van der Waals surface area contributed by atoms with Gasteiger partial charge in [-0.1, -0.05) is 23.0 Å². The molecule has 11 nitrogen and oxygen atoms in total. The van der Waals surface area contributed by atoms with Crippen LogP contribution in [0.4, 0.5) is 0 Å². The van der Waals surface area contributed by atoms with E-state index >= 15 is 0 Å². The number of ether oxygens (including phenoxy) is 1. The standard InChI is InChI=1S/C11H19NO10S2/c1-2-5(14)3-7(12-22-24(18,19)20)23-11-10(17)9(16)8(15)6(4-13)21-11/h2,5-6,8-11,13-17H,1,3-4H2,(H,18,19,20)/t5-,6-,8-,9+,10-,11+/m1/s1. The van der Waals surface area contributed by atoms with Crippen molar-refractivity contribution in [3.05, 3.63) is 12.7 Å². The van der Waals surface area contributed by atoms with E-state index in [1.165, 1.54) is 0 Å². The number of oxime groups is 1. The lowest BCUT2D eigenvalue weighted by Gasteiger charge is -2.39. The van der Waals surface area contributed by atoms with Gasteiger partial charge in [0.2, 0.25) is 0 Å². The van der Waals surface area contributed by atoms with Crippen LogP contribution >= 0.6 is 11.8 Å². The molecular formula is C11H19NO10S2. The Kier molecular flexibility index (Phi) is 8.04. The van der Waals surface area contributed by atoms with Crippen molar-refractivity contribution in [3.63, 3.8) is 0 Å². The molecule has 1 aliphatic heterocycles. The van der Waals surface area contributed by atoms with E-state index in [-0.39, 0.29) is 11.5 Å². The highest BCUT2D eigenvalue weighted by Crippen LogP contribution is 2.30. The number of hydrogen-bond donors (Lipinski definition) is 6. The molecule has 0 radical (unpaired) electrons. The van der Waals surface area contributed by atoms with Gasteiger partial charge in [-0.05, 0) is 0 Å². The fourth-order valence-corrected chi connectivity index (χ4v) is 3.10. The second kappa shape index (κ2) is 9.07. The Hall–Kier alpha value is -0.770. The number of aliphatic hydroxyl groups excluding tert-OH is 5. The normalized spacial score (nSPS) is 33.1. The molecule has 1 saturated heterocycles. The van der Waals surface area contributed by atoms with E-state index in [2.05, 4.69) is 16.0 Å². The highest BCUT2D eigenvalue weighted by Gasteiger charge is 2.44. The predicted octanol–water partition coefficient (Wildman–Crippen LogP) is -2.41. The SMILES string of the molecule is C=C[C@@H](O)CC(=NOS(=O)(=O)O)S[C@@H]1O[C@H](CO)[C@@H](O)[C@H](O)[C@H]1O. The number of nitrogens with zero attached hydrogens (tertiary/aromatic N) is 1. The molecule has 13 heteroatoms. The van der Waals surface area contributed by atoms with Gasteiger partial charge in [0, 0.05) is 6.42 Å². The van der Waals surface area contributed by atoms with Crippen molar-refractivity contribution in [2.45, 2.75) is 42.4 Å². The van der Waals surface area contributed by atoms with Crippen LogP contribution in [0.5, 0.6) is 0 Å². The van der Waals surface area contributed by atoms with E-state index in [1.54, 1.807) is 0 Å². The van der Waals surface area contributed by atoms with Crippen molar-refractivity contribution in [3.8, 4) is 0 Å². The summed E-state index contributed by atoms with van der Waals surface area (Å²) < 4.78 is 38.8. The summed E-state index contributed by atoms with van der Waals surface area (Å²) >= 11 is 0.570. The molecule has 0 unspecified atom stereocenters. The zero-order valence-corrected chi connectivity index (χ0v) is 13.9. The van der Waals surface area contributed by atoms with Crippen molar-refractivity contribution >= 4 is 27.2 Å². The van der Waals surface area contributed by atoms with Crippen LogP contribution in [0.1, 0.15) is 6.42 Å². The van der Waals surface area contributed by atoms with Crippen molar-refractivity contribution < 1.29 is 47.5 Å². The minimum absolute atomic E-state index is 0.218. The quantitative estimate of drug-likeness (QED) is 0.0895. The second-order valence-electron chi connectivity index (χ2n) is 4.81. The maximum Gasteiger partial charge on any atom is 0.466 e. The third-order valence-corrected chi connectivity index (χ3v) is 4.39. The van der Waals surface area contributed by atoms with E-state index in [1.807, 2.05) is 0 Å². The molecule has 0 saturated carbocycles. The topological polar surface area (TPSA) is 186 Å². The average molecular weight is 389 g/mol. The van der Waals surface area contributed by atoms with Crippen LogP contribution in [-0.4, -0.2) is 86.1 Å². The molecule has 0 aliphatic carbocycles. The summed E-state index contributed by atoms with van der Waals surface area (Å²) in [6.45, 7) is 2.67. The molecule has 0 aromatic rings. The van der Waals surface area contributed by atoms with Gasteiger partial charge in [-0.25, -0.2) is 4.28 Å². The lowest BCUT2D eigenvalue weighted by atomic mass is 10.0. The Bertz CT molecular complexity index is 551. The Balaban J connectivity index is 2.92. The fraction of sp³-hybridized carbons (Fsp3) is 0.727. The highest BCUT2D eigenvalue weighted by molar-refractivity contribution is 8.14. The minimum Gasteiger partial charge on any atom is -0.394 e. The highest BCUT2D eigenvalue weighted by atomic mass is 32.3. The van der Waals surface area contributed by atoms with Crippen molar-refractivity contribution in [1.82, 2.24) is 0 Å². The van der Waals surface area contributed by atoms with Crippen LogP contribution in [0.3, 0.4) is 0 Å². The lowest BCUT2D eigenvalue weighted by Crippen LogP contribution is -2.57. The molecular weight excluding hydrogens is 370 g/mol. The molecule has 0 aromatic carbocycles. The summed E-state index contributed by atoms with van der Waals surface area (Å²) in [4.78, 5) is 0. The summed E-state index contributed by atoms with van der Waals surface area (Å²) in [5.74, 6) is 0. The van der Waals surface area contributed by atoms with Gasteiger partial charge in [0.25, 0.3) is 0 Å². The summed E-state index contributed by atoms with van der Waals surface area (Å²) in [6.07, 6.45) is -6.29. The molecule has 1 heterocycles. The first kappa shape index (κ1) is 21.3. The first-order valence-electron chi connectivity index (χ1n) is 6.59. The zero-order chi connectivity index (χ0) is 18.5. The largest absolute Gasteiger partial charge is 0.466 e. The van der Waals surface area contributed by atoms with Gasteiger partial charge in [0.1, 0.15) is 34.9 Å². The van der Waals surface area contributed by atoms with Gasteiger partial charge in [-0.2, -0.15) is 8.42 Å². The maximum atomic E-state index is 10.6. The molecule has 0 aromatic heterocycles. The first-order valence-corrected chi connectivity index (χ1v) is 8.84. The molecule has 1 rings (SSSR count). The van der Waals surface area contributed by atoms with E-state index in [0.29, 0.717) is 11.8 Å². The minimum atomic E-state index is -4.89. The fourth-order valence-electron chi connectivity index (χ4n) is 1.76. The third-order valence-electron chi connectivity index (χ3n) is 2.99. The van der Waals surface area contributed by atoms with Crippen molar-refractivity contribution in [1.29, 1.82) is 0 Å². The number of aliphatic hydroxyl groups is 5. The van der Waals surface area contributed by atoms with Crippen molar-refractivity contribution in [2.75, 3.05) is 6.61 Å². The molecule has 0 amide bonds. The van der Waals surface area contributed by atoms with Gasteiger partial charge in [-0.3, -0.25) is 4.55 Å². The Morgan fingerprint density at radius 1 is 1.33 bits per heavy atom. The monoisotopic (exact) mass is 389 g/mol. The Morgan fingerprint density at radius 3 is 2.46 bits per heavy atom. The maximum absolute atomic E-state index is 10.6. The van der Waals surface area contributed by atoms with Gasteiger partial charge in [-0.15, -0.1) is 6.58 Å². The summed E-state index contributed by atoms with van der Waals surface area (Å²) in [5, 5.41) is 50.8. The molecule has 140 valence electrons. The second-order valence-corrected chi connectivity index (χ2v) is 6.99. The first-order chi connectivity index (χ1) is 11.1. The van der Waals surface area contributed by atoms with Gasteiger partial charge >= 0.3 is 10.4 Å². The predicted molar refractivity (Wildman–Crippen MR) is 82.2 cm³/mol. The molecule has 1 aliphatic rings. The summed E-state index contributed by atoms with van der Waals surface area (Å²) in [5.41, 5.74) is -1.26. The molecule has 6 atom stereocenters. The van der Waals surface area contributed by atoms with Gasteiger partial charge in [0.05, 0.1) is 12.7 Å². The molecule has 1 fully saturated rings. The Morgan fingerprint density at radius 2 is 1.96 bits per heavy atom. The zero-order valence-electron chi connectivity index (χ0n) is 12.2. The number of thioether (sulfide) groups is 1. The van der Waals surface area contributed by atoms with Crippen LogP contribution in [0.2, 0.25) is 0 Å². The number of rotatable bonds is 7. The molecule has 0 spiro atoms. The summed E-state index contributed by atoms with van der Waals surface area (Å²) in [6, 6.07) is 0. The smallest absolute Gasteiger partial charge is 0.394 e. The lowest BCUT2D eigenvalue weighted by molar-refractivity contribution is -0.205.